The number of benzene rings is 2. The third-order valence-corrected chi connectivity index (χ3v) is 9.26. The van der Waals surface area contributed by atoms with Gasteiger partial charge >= 0.3 is 0 Å². The summed E-state index contributed by atoms with van der Waals surface area (Å²) in [5.41, 5.74) is 1.54. The molecule has 1 amide bonds. The number of rotatable bonds is 4. The van der Waals surface area contributed by atoms with Crippen molar-refractivity contribution in [1.82, 2.24) is 24.6 Å². The van der Waals surface area contributed by atoms with Gasteiger partial charge in [0.2, 0.25) is 0 Å². The van der Waals surface area contributed by atoms with Gasteiger partial charge in [0.25, 0.3) is 5.91 Å². The molecule has 0 spiro atoms. The van der Waals surface area contributed by atoms with Crippen molar-refractivity contribution in [3.8, 4) is 29.0 Å². The molecule has 0 unspecified atom stereocenters. The topological polar surface area (TPSA) is 81.3 Å². The standard InChI is InChI=1S/C30H28Cl3FN6O.C2H3N/c1-4-6-24(41)38-11-9-17(10-12-38)40-29-20-13-23(32)25(19-7-5-8-22(31)26(19)33)27(34)28(20)36-30(21(29)14-35-40)39-15-18(16-39)37(2)3;1-2-3/h5,7-8,13-14,17-18H,9-12,15-16H2,1-3H3;1H3. The molecular formula is C32H31Cl3FN7O. The highest BCUT2D eigenvalue weighted by Crippen LogP contribution is 2.44. The predicted octanol–water partition coefficient (Wildman–Crippen LogP) is 6.82. The van der Waals surface area contributed by atoms with Gasteiger partial charge in [0, 0.05) is 55.7 Å². The van der Waals surface area contributed by atoms with Crippen LogP contribution >= 0.6 is 34.8 Å². The number of aromatic nitrogens is 3. The molecule has 8 nitrogen and oxygen atoms in total. The minimum absolute atomic E-state index is 0.0133. The molecule has 12 heteroatoms. The van der Waals surface area contributed by atoms with Crippen LogP contribution in [0.4, 0.5) is 10.2 Å². The van der Waals surface area contributed by atoms with Crippen molar-refractivity contribution in [1.29, 1.82) is 5.26 Å². The van der Waals surface area contributed by atoms with Gasteiger partial charge in [-0.2, -0.15) is 10.4 Å². The maximum absolute atomic E-state index is 16.6. The lowest BCUT2D eigenvalue weighted by Gasteiger charge is -2.43. The van der Waals surface area contributed by atoms with Gasteiger partial charge in [0.05, 0.1) is 44.3 Å². The fourth-order valence-corrected chi connectivity index (χ4v) is 6.46. The highest BCUT2D eigenvalue weighted by atomic mass is 35.5. The van der Waals surface area contributed by atoms with Crippen molar-refractivity contribution in [2.75, 3.05) is 45.2 Å². The van der Waals surface area contributed by atoms with Gasteiger partial charge in [-0.3, -0.25) is 9.48 Å². The molecule has 0 saturated carbocycles. The van der Waals surface area contributed by atoms with Gasteiger partial charge in [-0.05, 0) is 51.9 Å². The van der Waals surface area contributed by atoms with Gasteiger partial charge in [-0.1, -0.05) is 52.9 Å². The van der Waals surface area contributed by atoms with E-state index in [9.17, 15) is 4.79 Å². The first-order chi connectivity index (χ1) is 21.1. The summed E-state index contributed by atoms with van der Waals surface area (Å²) < 4.78 is 18.5. The molecule has 0 radical (unpaired) electrons. The Kier molecular flexibility index (Phi) is 9.53. The lowest BCUT2D eigenvalue weighted by atomic mass is 10.00. The van der Waals surface area contributed by atoms with E-state index in [-0.39, 0.29) is 33.1 Å². The third kappa shape index (κ3) is 5.78. The monoisotopic (exact) mass is 653 g/mol. The SMILES string of the molecule is CC#CC(=O)N1CCC(n2ncc3c(N4CC(N(C)C)C4)nc4c(F)c(-c5cccc(Cl)c5Cl)c(Cl)cc4c32)CC1.CC#N. The molecule has 44 heavy (non-hydrogen) atoms. The average molecular weight is 655 g/mol. The molecule has 228 valence electrons. The number of carbonyl (C=O) groups is 1. The molecule has 2 aromatic carbocycles. The second-order valence-electron chi connectivity index (χ2n) is 11.0. The largest absolute Gasteiger partial charge is 0.353 e. The number of nitrogens with zero attached hydrogens (tertiary/aromatic N) is 7. The maximum Gasteiger partial charge on any atom is 0.298 e. The van der Waals surface area contributed by atoms with Crippen molar-refractivity contribution in [2.45, 2.75) is 38.8 Å². The molecule has 2 saturated heterocycles. The van der Waals surface area contributed by atoms with Gasteiger partial charge in [-0.15, -0.1) is 0 Å². The third-order valence-electron chi connectivity index (χ3n) is 8.14. The first-order valence-electron chi connectivity index (χ1n) is 14.2. The van der Waals surface area contributed by atoms with Crippen molar-refractivity contribution in [2.24, 2.45) is 0 Å². The van der Waals surface area contributed by atoms with Crippen LogP contribution in [-0.2, 0) is 4.79 Å². The molecule has 0 atom stereocenters. The van der Waals surface area contributed by atoms with Crippen LogP contribution in [0.5, 0.6) is 0 Å². The number of likely N-dealkylation sites (N-methyl/N-ethyl adjacent to an activating group) is 1. The van der Waals surface area contributed by atoms with Crippen LogP contribution in [0.15, 0.2) is 30.5 Å². The highest BCUT2D eigenvalue weighted by Gasteiger charge is 2.33. The number of amides is 1. The molecular weight excluding hydrogens is 624 g/mol. The van der Waals surface area contributed by atoms with Gasteiger partial charge in [-0.25, -0.2) is 9.37 Å². The zero-order chi connectivity index (χ0) is 31.7. The molecule has 2 aromatic heterocycles. The number of hydrogen-bond donors (Lipinski definition) is 0. The van der Waals surface area contributed by atoms with E-state index in [2.05, 4.69) is 35.7 Å². The Morgan fingerprint density at radius 3 is 2.41 bits per heavy atom. The van der Waals surface area contributed by atoms with Crippen LogP contribution in [0, 0.1) is 29.0 Å². The second-order valence-corrected chi connectivity index (χ2v) is 12.2. The second kappa shape index (κ2) is 13.2. The van der Waals surface area contributed by atoms with Crippen LogP contribution in [-0.4, -0.2) is 76.8 Å². The van der Waals surface area contributed by atoms with Crippen molar-refractivity contribution in [3.05, 3.63) is 51.3 Å². The van der Waals surface area contributed by atoms with Crippen LogP contribution in [0.2, 0.25) is 15.1 Å². The molecule has 0 bridgehead atoms. The lowest BCUT2D eigenvalue weighted by Crippen LogP contribution is -2.57. The summed E-state index contributed by atoms with van der Waals surface area (Å²) in [5, 5.41) is 14.3. The molecule has 2 aliphatic rings. The summed E-state index contributed by atoms with van der Waals surface area (Å²) in [4.78, 5) is 23.3. The Bertz CT molecular complexity index is 1840. The summed E-state index contributed by atoms with van der Waals surface area (Å²) >= 11 is 19.5. The van der Waals surface area contributed by atoms with Crippen LogP contribution in [0.1, 0.15) is 32.7 Å². The Labute approximate surface area is 270 Å². The number of piperidine rings is 1. The molecule has 0 aliphatic carbocycles. The van der Waals surface area contributed by atoms with Crippen LogP contribution < -0.4 is 4.90 Å². The normalized spacial score (nSPS) is 15.5. The quantitative estimate of drug-likeness (QED) is 0.225. The molecule has 2 fully saturated rings. The fraction of sp³-hybridized carbons (Fsp3) is 0.375. The van der Waals surface area contributed by atoms with Gasteiger partial charge < -0.3 is 14.7 Å². The van der Waals surface area contributed by atoms with Crippen LogP contribution in [0.25, 0.3) is 32.9 Å². The Hall–Kier alpha value is -3.60. The number of pyridine rings is 1. The number of anilines is 1. The van der Waals surface area contributed by atoms with E-state index in [0.717, 1.165) is 24.0 Å². The number of hydrogen-bond acceptors (Lipinski definition) is 6. The summed E-state index contributed by atoms with van der Waals surface area (Å²) in [6, 6.07) is 8.95. The fourth-order valence-electron chi connectivity index (χ4n) is 5.78. The van der Waals surface area contributed by atoms with Crippen molar-refractivity contribution < 1.29 is 9.18 Å². The van der Waals surface area contributed by atoms with E-state index < -0.39 is 5.82 Å². The summed E-state index contributed by atoms with van der Waals surface area (Å²) in [6.45, 7) is 5.77. The number of fused-ring (bicyclic) bond motifs is 3. The first kappa shape index (κ1) is 31.8. The number of carbonyl (C=O) groups excluding carboxylic acids is 1. The number of halogens is 4. The molecule has 4 heterocycles. The number of likely N-dealkylation sites (tertiary alicyclic amines) is 1. The van der Waals surface area contributed by atoms with E-state index in [4.69, 9.17) is 50.1 Å². The Morgan fingerprint density at radius 2 is 1.77 bits per heavy atom. The minimum Gasteiger partial charge on any atom is -0.353 e. The summed E-state index contributed by atoms with van der Waals surface area (Å²) in [7, 11) is 4.10. The minimum atomic E-state index is -0.559. The maximum atomic E-state index is 16.6. The van der Waals surface area contributed by atoms with Crippen molar-refractivity contribution >= 4 is 68.3 Å². The Balaban J connectivity index is 0.00000123. The summed E-state index contributed by atoms with van der Waals surface area (Å²) in [6.07, 6.45) is 3.21. The smallest absolute Gasteiger partial charge is 0.298 e. The van der Waals surface area contributed by atoms with E-state index in [1.165, 1.54) is 6.92 Å². The molecule has 6 rings (SSSR count). The zero-order valence-electron chi connectivity index (χ0n) is 24.8. The molecule has 0 N–H and O–H groups in total. The first-order valence-corrected chi connectivity index (χ1v) is 15.3. The number of nitriles is 1. The lowest BCUT2D eigenvalue weighted by molar-refractivity contribution is -0.126. The average Bonchev–Trinajstić information content (AvgIpc) is 3.41. The van der Waals surface area contributed by atoms with Crippen molar-refractivity contribution in [3.63, 3.8) is 0 Å². The zero-order valence-corrected chi connectivity index (χ0v) is 27.1. The predicted molar refractivity (Wildman–Crippen MR) is 175 cm³/mol. The van der Waals surface area contributed by atoms with E-state index >= 15 is 4.39 Å². The van der Waals surface area contributed by atoms with E-state index in [1.807, 2.05) is 10.9 Å². The Morgan fingerprint density at radius 1 is 1.09 bits per heavy atom. The highest BCUT2D eigenvalue weighted by molar-refractivity contribution is 6.44. The van der Waals surface area contributed by atoms with E-state index in [1.54, 1.807) is 42.2 Å². The summed E-state index contributed by atoms with van der Waals surface area (Å²) in [5.74, 6) is 5.27. The van der Waals surface area contributed by atoms with Gasteiger partial charge in [0.1, 0.15) is 11.3 Å². The van der Waals surface area contributed by atoms with Gasteiger partial charge in [0.15, 0.2) is 5.82 Å². The molecule has 4 aromatic rings. The molecule has 2 aliphatic heterocycles. The van der Waals surface area contributed by atoms with Crippen LogP contribution in [0.3, 0.4) is 0 Å². The van der Waals surface area contributed by atoms with E-state index in [0.29, 0.717) is 53.8 Å².